The Kier molecular flexibility index (Phi) is 14.8. The quantitative estimate of drug-likeness (QED) is 0.0709. The van der Waals surface area contributed by atoms with Gasteiger partial charge in [-0.25, -0.2) is 0 Å². The molecule has 246 valence electrons. The molecule has 1 saturated heterocycles. The SMILES string of the molecule is CCCCCCCCCCCCCCSc1cc(C)sc1-c1sc(-c2cc(C(OC)C3CCCOS3(=O)=O)c(C)s2)cc1C. The van der Waals surface area contributed by atoms with Crippen molar-refractivity contribution in [2.75, 3.05) is 19.5 Å². The van der Waals surface area contributed by atoms with Crippen molar-refractivity contribution in [1.29, 1.82) is 0 Å². The van der Waals surface area contributed by atoms with Crippen molar-refractivity contribution in [3.05, 3.63) is 39.1 Å². The molecule has 2 atom stereocenters. The number of ether oxygens (including phenoxy) is 1. The maximum Gasteiger partial charge on any atom is 0.273 e. The first-order chi connectivity index (χ1) is 21.2. The van der Waals surface area contributed by atoms with Crippen LogP contribution in [0.25, 0.3) is 19.5 Å². The lowest BCUT2D eigenvalue weighted by atomic mass is 10.0. The number of hydrogen-bond donors (Lipinski definition) is 0. The minimum Gasteiger partial charge on any atom is -0.375 e. The third kappa shape index (κ3) is 9.91. The average Bonchev–Trinajstić information content (AvgIpc) is 3.68. The molecule has 0 bridgehead atoms. The number of hydrogen-bond acceptors (Lipinski definition) is 8. The summed E-state index contributed by atoms with van der Waals surface area (Å²) < 4.78 is 36.4. The average molecular weight is 697 g/mol. The van der Waals surface area contributed by atoms with Gasteiger partial charge in [-0.3, -0.25) is 4.18 Å². The standard InChI is InChI=1S/C35H52O4S5/c1-6-7-8-9-10-11-12-13-14-15-16-17-21-40-31-23-26(3)41-35(31)34-25(2)22-29(43-34)30-24-28(27(4)42-30)33(38-5)32-19-18-20-39-44(32,36)37/h22-24,32-33H,6-21H2,1-5H3. The van der Waals surface area contributed by atoms with Crippen molar-refractivity contribution in [3.63, 3.8) is 0 Å². The zero-order valence-corrected chi connectivity index (χ0v) is 31.5. The van der Waals surface area contributed by atoms with Crippen molar-refractivity contribution in [1.82, 2.24) is 0 Å². The summed E-state index contributed by atoms with van der Waals surface area (Å²) >= 11 is 7.51. The summed E-state index contributed by atoms with van der Waals surface area (Å²) in [6, 6.07) is 6.82. The fourth-order valence-electron chi connectivity index (χ4n) is 6.08. The molecule has 2 unspecified atom stereocenters. The predicted octanol–water partition coefficient (Wildman–Crippen LogP) is 12.1. The second-order valence-corrected chi connectivity index (χ2v) is 18.7. The largest absolute Gasteiger partial charge is 0.375 e. The number of methoxy groups -OCH3 is 1. The minimum absolute atomic E-state index is 0.266. The molecular weight excluding hydrogens is 645 g/mol. The van der Waals surface area contributed by atoms with Crippen molar-refractivity contribution in [2.24, 2.45) is 0 Å². The summed E-state index contributed by atoms with van der Waals surface area (Å²) in [5.41, 5.74) is 2.27. The highest BCUT2D eigenvalue weighted by Crippen LogP contribution is 2.48. The highest BCUT2D eigenvalue weighted by Gasteiger charge is 2.39. The molecule has 0 saturated carbocycles. The highest BCUT2D eigenvalue weighted by molar-refractivity contribution is 7.99. The smallest absolute Gasteiger partial charge is 0.273 e. The molecule has 44 heavy (non-hydrogen) atoms. The maximum absolute atomic E-state index is 12.7. The van der Waals surface area contributed by atoms with Gasteiger partial charge in [0.1, 0.15) is 11.4 Å². The van der Waals surface area contributed by atoms with Crippen LogP contribution in [0.1, 0.15) is 124 Å². The lowest BCUT2D eigenvalue weighted by Crippen LogP contribution is -2.35. The summed E-state index contributed by atoms with van der Waals surface area (Å²) in [5.74, 6) is 1.18. The lowest BCUT2D eigenvalue weighted by Gasteiger charge is -2.28. The van der Waals surface area contributed by atoms with Crippen LogP contribution < -0.4 is 0 Å². The first-order valence-electron chi connectivity index (χ1n) is 16.6. The van der Waals surface area contributed by atoms with Gasteiger partial charge >= 0.3 is 0 Å². The minimum atomic E-state index is -3.64. The van der Waals surface area contributed by atoms with E-state index in [1.807, 2.05) is 34.4 Å². The lowest BCUT2D eigenvalue weighted by molar-refractivity contribution is 0.0849. The van der Waals surface area contributed by atoms with Crippen LogP contribution in [0.5, 0.6) is 0 Å². The van der Waals surface area contributed by atoms with E-state index in [0.717, 1.165) is 16.9 Å². The van der Waals surface area contributed by atoms with E-state index in [0.29, 0.717) is 6.42 Å². The van der Waals surface area contributed by atoms with Gasteiger partial charge in [0.15, 0.2) is 0 Å². The molecule has 3 aromatic rings. The highest BCUT2D eigenvalue weighted by atomic mass is 32.2. The Morgan fingerprint density at radius 3 is 2.14 bits per heavy atom. The van der Waals surface area contributed by atoms with Gasteiger partial charge < -0.3 is 4.74 Å². The summed E-state index contributed by atoms with van der Waals surface area (Å²) in [5, 5.41) is -0.665. The Hall–Kier alpha value is -0.680. The molecule has 0 N–H and O–H groups in total. The second-order valence-electron chi connectivity index (χ2n) is 12.2. The van der Waals surface area contributed by atoms with Crippen LogP contribution in [0.2, 0.25) is 0 Å². The van der Waals surface area contributed by atoms with E-state index in [2.05, 4.69) is 45.9 Å². The zero-order chi connectivity index (χ0) is 31.5. The van der Waals surface area contributed by atoms with E-state index in [9.17, 15) is 8.42 Å². The Bertz CT molecular complexity index is 1400. The summed E-state index contributed by atoms with van der Waals surface area (Å²) in [4.78, 5) is 9.04. The Morgan fingerprint density at radius 1 is 0.864 bits per heavy atom. The Balaban J connectivity index is 1.32. The van der Waals surface area contributed by atoms with Gasteiger partial charge in [-0.05, 0) is 75.1 Å². The molecule has 4 nitrogen and oxygen atoms in total. The van der Waals surface area contributed by atoms with E-state index in [1.54, 1.807) is 18.4 Å². The Morgan fingerprint density at radius 2 is 1.50 bits per heavy atom. The topological polar surface area (TPSA) is 52.6 Å². The van der Waals surface area contributed by atoms with Crippen molar-refractivity contribution in [3.8, 4) is 19.5 Å². The summed E-state index contributed by atoms with van der Waals surface area (Å²) in [6.07, 6.45) is 17.4. The van der Waals surface area contributed by atoms with Gasteiger partial charge in [0.2, 0.25) is 0 Å². The van der Waals surface area contributed by atoms with E-state index in [1.165, 1.54) is 118 Å². The molecule has 3 aromatic heterocycles. The molecule has 9 heteroatoms. The van der Waals surface area contributed by atoms with Gasteiger partial charge in [-0.15, -0.1) is 45.8 Å². The van der Waals surface area contributed by atoms with Crippen molar-refractivity contribution < 1.29 is 17.3 Å². The third-order valence-corrected chi connectivity index (χ3v) is 15.2. The number of aryl methyl sites for hydroxylation is 3. The van der Waals surface area contributed by atoms with Crippen LogP contribution in [0.4, 0.5) is 0 Å². The van der Waals surface area contributed by atoms with Gasteiger partial charge in [0.25, 0.3) is 10.1 Å². The van der Waals surface area contributed by atoms with Crippen LogP contribution >= 0.6 is 45.8 Å². The number of thiophene rings is 3. The second kappa shape index (κ2) is 18.0. The fourth-order valence-corrected chi connectivity index (χ4v) is 12.5. The summed E-state index contributed by atoms with van der Waals surface area (Å²) in [6.45, 7) is 9.06. The summed E-state index contributed by atoms with van der Waals surface area (Å²) in [7, 11) is -2.03. The molecule has 4 rings (SSSR count). The van der Waals surface area contributed by atoms with Crippen LogP contribution in [-0.4, -0.2) is 33.1 Å². The molecule has 1 aliphatic rings. The number of rotatable bonds is 19. The first-order valence-corrected chi connectivity index (χ1v) is 21.5. The maximum atomic E-state index is 12.7. The van der Waals surface area contributed by atoms with E-state index < -0.39 is 21.5 Å². The van der Waals surface area contributed by atoms with Gasteiger partial charge in [-0.1, -0.05) is 77.6 Å². The van der Waals surface area contributed by atoms with Crippen molar-refractivity contribution >= 4 is 55.9 Å². The third-order valence-electron chi connectivity index (χ3n) is 8.55. The molecule has 0 radical (unpaired) electrons. The molecule has 4 heterocycles. The fraction of sp³-hybridized carbons (Fsp3) is 0.657. The number of thioether (sulfide) groups is 1. The monoisotopic (exact) mass is 696 g/mol. The molecule has 0 amide bonds. The van der Waals surface area contributed by atoms with Crippen LogP contribution in [0.15, 0.2) is 23.1 Å². The molecule has 1 aliphatic heterocycles. The normalized spacial score (nSPS) is 17.3. The van der Waals surface area contributed by atoms with Crippen LogP contribution in [0.3, 0.4) is 0 Å². The van der Waals surface area contributed by atoms with E-state index >= 15 is 0 Å². The van der Waals surface area contributed by atoms with Gasteiger partial charge in [0, 0.05) is 36.4 Å². The van der Waals surface area contributed by atoms with Gasteiger partial charge in [-0.2, -0.15) is 8.42 Å². The first kappa shape index (κ1) is 36.2. The molecular formula is C35H52O4S5. The van der Waals surface area contributed by atoms with Crippen molar-refractivity contribution in [2.45, 2.75) is 134 Å². The van der Waals surface area contributed by atoms with Gasteiger partial charge in [0.05, 0.1) is 11.5 Å². The molecule has 0 aromatic carbocycles. The molecule has 1 fully saturated rings. The number of unbranched alkanes of at least 4 members (excludes halogenated alkanes) is 11. The molecule has 0 spiro atoms. The zero-order valence-electron chi connectivity index (χ0n) is 27.4. The van der Waals surface area contributed by atoms with Crippen LogP contribution in [0, 0.1) is 20.8 Å². The molecule has 0 aliphatic carbocycles. The predicted molar refractivity (Wildman–Crippen MR) is 195 cm³/mol. The van der Waals surface area contributed by atoms with E-state index in [-0.39, 0.29) is 6.61 Å². The Labute approximate surface area is 283 Å². The van der Waals surface area contributed by atoms with Crippen LogP contribution in [-0.2, 0) is 19.0 Å². The van der Waals surface area contributed by atoms with E-state index in [4.69, 9.17) is 8.92 Å².